The van der Waals surface area contributed by atoms with Gasteiger partial charge in [0, 0.05) is 53.4 Å². The van der Waals surface area contributed by atoms with Crippen molar-refractivity contribution in [2.45, 2.75) is 58.5 Å². The lowest BCUT2D eigenvalue weighted by molar-refractivity contribution is -0.142. The number of nitrogens with zero attached hydrogens (tertiary/aromatic N) is 4. The predicted octanol–water partition coefficient (Wildman–Crippen LogP) is 1.56. The van der Waals surface area contributed by atoms with Crippen LogP contribution in [0.1, 0.15) is 52.4 Å². The second-order valence-corrected chi connectivity index (χ2v) is 8.54. The largest absolute Gasteiger partial charge is 0.368 e. The molecule has 0 aromatic heterocycles. The molecule has 2 aliphatic rings. The van der Waals surface area contributed by atoms with E-state index in [0.29, 0.717) is 38.7 Å². The minimum atomic E-state index is -0.260. The number of unbranched alkanes of at least 4 members (excludes halogenated alkanes) is 1. The molecule has 2 amide bonds. The van der Waals surface area contributed by atoms with Crippen LogP contribution >= 0.6 is 0 Å². The van der Waals surface area contributed by atoms with Crippen molar-refractivity contribution in [2.75, 3.05) is 60.0 Å². The van der Waals surface area contributed by atoms with Crippen molar-refractivity contribution >= 4 is 17.8 Å². The molecule has 1 N–H and O–H groups in total. The van der Waals surface area contributed by atoms with E-state index in [4.69, 9.17) is 4.74 Å². The van der Waals surface area contributed by atoms with Gasteiger partial charge in [-0.05, 0) is 25.2 Å². The van der Waals surface area contributed by atoms with Gasteiger partial charge >= 0.3 is 0 Å². The van der Waals surface area contributed by atoms with Crippen molar-refractivity contribution in [3.8, 4) is 0 Å². The summed E-state index contributed by atoms with van der Waals surface area (Å²) in [6.07, 6.45) is 6.30. The summed E-state index contributed by atoms with van der Waals surface area (Å²) < 4.78 is 5.56. The summed E-state index contributed by atoms with van der Waals surface area (Å²) in [5, 5.41) is 3.52. The number of hydrogen-bond donors (Lipinski definition) is 1. The number of carbonyl (C=O) groups is 2. The van der Waals surface area contributed by atoms with E-state index in [1.807, 2.05) is 4.90 Å². The monoisotopic (exact) mass is 423 g/mol. The second kappa shape index (κ2) is 12.8. The molecule has 0 bridgehead atoms. The Morgan fingerprint density at radius 3 is 2.43 bits per heavy atom. The molecule has 2 unspecified atom stereocenters. The Bertz CT molecular complexity index is 567. The smallest absolute Gasteiger partial charge is 0.251 e. The molecule has 30 heavy (non-hydrogen) atoms. The number of guanidine groups is 1. The van der Waals surface area contributed by atoms with Crippen LogP contribution in [-0.2, 0) is 14.3 Å². The predicted molar refractivity (Wildman–Crippen MR) is 119 cm³/mol. The van der Waals surface area contributed by atoms with Gasteiger partial charge in [0.1, 0.15) is 12.6 Å². The number of rotatable bonds is 9. The molecule has 0 radical (unpaired) electrons. The first-order chi connectivity index (χ1) is 14.5. The van der Waals surface area contributed by atoms with Crippen molar-refractivity contribution in [1.82, 2.24) is 20.0 Å². The zero-order chi connectivity index (χ0) is 21.9. The van der Waals surface area contributed by atoms with Gasteiger partial charge < -0.3 is 24.8 Å². The van der Waals surface area contributed by atoms with Crippen LogP contribution in [-0.4, -0.2) is 98.5 Å². The van der Waals surface area contributed by atoms with E-state index in [-0.39, 0.29) is 24.5 Å². The van der Waals surface area contributed by atoms with Crippen LogP contribution < -0.4 is 5.32 Å². The van der Waals surface area contributed by atoms with Crippen LogP contribution in [0.5, 0.6) is 0 Å². The minimum absolute atomic E-state index is 0.0143. The molecule has 0 saturated carbocycles. The van der Waals surface area contributed by atoms with E-state index in [0.717, 1.165) is 31.8 Å². The quantitative estimate of drug-likeness (QED) is 0.450. The fourth-order valence-corrected chi connectivity index (χ4v) is 3.85. The first kappa shape index (κ1) is 24.4. The van der Waals surface area contributed by atoms with E-state index in [1.165, 1.54) is 19.3 Å². The number of likely N-dealkylation sites (N-methyl/N-ethyl adjacent to an activating group) is 1. The summed E-state index contributed by atoms with van der Waals surface area (Å²) in [4.78, 5) is 34.9. The van der Waals surface area contributed by atoms with Gasteiger partial charge in [-0.3, -0.25) is 9.59 Å². The van der Waals surface area contributed by atoms with Crippen molar-refractivity contribution in [1.29, 1.82) is 0 Å². The SMILES string of the molecule is CCCCC(CC)CNC(=NCC(=O)N(C)C)N1CCN(C(=O)C2CCCO2)CC1. The van der Waals surface area contributed by atoms with Crippen molar-refractivity contribution < 1.29 is 14.3 Å². The van der Waals surface area contributed by atoms with Crippen LogP contribution in [0.2, 0.25) is 0 Å². The maximum Gasteiger partial charge on any atom is 0.251 e. The number of aliphatic imine (C=N–C) groups is 1. The van der Waals surface area contributed by atoms with Crippen molar-refractivity contribution in [3.63, 3.8) is 0 Å². The Balaban J connectivity index is 1.95. The summed E-state index contributed by atoms with van der Waals surface area (Å²) in [6, 6.07) is 0. The van der Waals surface area contributed by atoms with Gasteiger partial charge in [0.2, 0.25) is 5.91 Å². The van der Waals surface area contributed by atoms with E-state index in [1.54, 1.807) is 19.0 Å². The fraction of sp³-hybridized carbons (Fsp3) is 0.864. The van der Waals surface area contributed by atoms with Gasteiger partial charge in [0.05, 0.1) is 0 Å². The van der Waals surface area contributed by atoms with Crippen LogP contribution in [0.3, 0.4) is 0 Å². The van der Waals surface area contributed by atoms with Gasteiger partial charge in [-0.25, -0.2) is 4.99 Å². The highest BCUT2D eigenvalue weighted by Crippen LogP contribution is 2.16. The Labute approximate surface area is 182 Å². The average molecular weight is 424 g/mol. The number of hydrogen-bond acceptors (Lipinski definition) is 4. The van der Waals surface area contributed by atoms with Gasteiger partial charge in [0.15, 0.2) is 5.96 Å². The van der Waals surface area contributed by atoms with Crippen LogP contribution in [0.15, 0.2) is 4.99 Å². The average Bonchev–Trinajstić information content (AvgIpc) is 3.30. The highest BCUT2D eigenvalue weighted by Gasteiger charge is 2.31. The molecule has 2 aliphatic heterocycles. The number of piperazine rings is 1. The van der Waals surface area contributed by atoms with Gasteiger partial charge in [-0.15, -0.1) is 0 Å². The standard InChI is InChI=1S/C22H41N5O3/c1-5-7-9-18(6-2)16-23-22(24-17-20(28)25(3)4)27-13-11-26(12-14-27)21(29)19-10-8-15-30-19/h18-19H,5-17H2,1-4H3,(H,23,24). The van der Waals surface area contributed by atoms with E-state index in [9.17, 15) is 9.59 Å². The van der Waals surface area contributed by atoms with Crippen molar-refractivity contribution in [3.05, 3.63) is 0 Å². The third-order valence-corrected chi connectivity index (χ3v) is 6.05. The van der Waals surface area contributed by atoms with Crippen LogP contribution in [0.4, 0.5) is 0 Å². The Morgan fingerprint density at radius 2 is 1.87 bits per heavy atom. The summed E-state index contributed by atoms with van der Waals surface area (Å²) in [5.74, 6) is 1.48. The van der Waals surface area contributed by atoms with Crippen LogP contribution in [0, 0.1) is 5.92 Å². The highest BCUT2D eigenvalue weighted by molar-refractivity contribution is 5.85. The second-order valence-electron chi connectivity index (χ2n) is 8.54. The van der Waals surface area contributed by atoms with E-state index in [2.05, 4.69) is 29.1 Å². The fourth-order valence-electron chi connectivity index (χ4n) is 3.85. The maximum absolute atomic E-state index is 12.6. The molecule has 0 aliphatic carbocycles. The molecule has 2 heterocycles. The molecule has 2 fully saturated rings. The first-order valence-electron chi connectivity index (χ1n) is 11.6. The minimum Gasteiger partial charge on any atom is -0.368 e. The molecule has 172 valence electrons. The van der Waals surface area contributed by atoms with Crippen molar-refractivity contribution in [2.24, 2.45) is 10.9 Å². The molecule has 0 spiro atoms. The summed E-state index contributed by atoms with van der Waals surface area (Å²) in [7, 11) is 3.50. The van der Waals surface area contributed by atoms with Gasteiger partial charge in [-0.2, -0.15) is 0 Å². The molecule has 8 heteroatoms. The molecular formula is C22H41N5O3. The molecule has 2 rings (SSSR count). The van der Waals surface area contributed by atoms with E-state index < -0.39 is 0 Å². The Hall–Kier alpha value is -1.83. The number of carbonyl (C=O) groups excluding carboxylic acids is 2. The summed E-state index contributed by atoms with van der Waals surface area (Å²) in [6.45, 7) is 8.88. The van der Waals surface area contributed by atoms with Gasteiger partial charge in [0.25, 0.3) is 5.91 Å². The molecule has 2 atom stereocenters. The lowest BCUT2D eigenvalue weighted by Gasteiger charge is -2.37. The number of amides is 2. The third-order valence-electron chi connectivity index (χ3n) is 6.05. The Morgan fingerprint density at radius 1 is 1.17 bits per heavy atom. The highest BCUT2D eigenvalue weighted by atomic mass is 16.5. The number of nitrogens with one attached hydrogen (secondary N) is 1. The molecular weight excluding hydrogens is 382 g/mol. The first-order valence-corrected chi connectivity index (χ1v) is 11.6. The molecule has 0 aromatic carbocycles. The Kier molecular flexibility index (Phi) is 10.4. The summed E-state index contributed by atoms with van der Waals surface area (Å²) >= 11 is 0. The zero-order valence-electron chi connectivity index (χ0n) is 19.4. The third kappa shape index (κ3) is 7.45. The summed E-state index contributed by atoms with van der Waals surface area (Å²) in [5.41, 5.74) is 0. The normalized spacial score (nSPS) is 20.9. The molecule has 2 saturated heterocycles. The number of ether oxygens (including phenoxy) is 1. The maximum atomic E-state index is 12.6. The lowest BCUT2D eigenvalue weighted by atomic mass is 9.99. The molecule has 8 nitrogen and oxygen atoms in total. The topological polar surface area (TPSA) is 77.5 Å². The zero-order valence-corrected chi connectivity index (χ0v) is 19.4. The lowest BCUT2D eigenvalue weighted by Crippen LogP contribution is -2.55. The molecule has 0 aromatic rings. The van der Waals surface area contributed by atoms with Gasteiger partial charge in [-0.1, -0.05) is 33.1 Å². The van der Waals surface area contributed by atoms with Crippen LogP contribution in [0.25, 0.3) is 0 Å². The van der Waals surface area contributed by atoms with E-state index >= 15 is 0 Å².